The van der Waals surface area contributed by atoms with Gasteiger partial charge in [0.1, 0.15) is 11.9 Å². The van der Waals surface area contributed by atoms with Crippen LogP contribution in [-0.4, -0.2) is 34.1 Å². The van der Waals surface area contributed by atoms with Crippen molar-refractivity contribution in [2.45, 2.75) is 36.7 Å². The number of sulfonamides is 1. The van der Waals surface area contributed by atoms with Gasteiger partial charge in [0.05, 0.1) is 24.2 Å². The van der Waals surface area contributed by atoms with Gasteiger partial charge in [0, 0.05) is 28.1 Å². The van der Waals surface area contributed by atoms with Gasteiger partial charge < -0.3 is 9.47 Å². The molecular weight excluding hydrogens is 574 g/mol. The molecule has 0 aromatic heterocycles. The fraction of sp³-hybridized carbons (Fsp3) is 0.250. The molecule has 0 amide bonds. The monoisotopic (exact) mass is 597 g/mol. The summed E-state index contributed by atoms with van der Waals surface area (Å²) in [4.78, 5) is 11.3. The number of anilines is 1. The Bertz CT molecular complexity index is 1530. The topological polar surface area (TPSA) is 72.9 Å². The number of benzene rings is 3. The van der Waals surface area contributed by atoms with E-state index < -0.39 is 40.5 Å². The molecule has 0 bridgehead atoms. The van der Waals surface area contributed by atoms with Crippen LogP contribution in [0, 0.1) is 0 Å². The van der Waals surface area contributed by atoms with E-state index in [0.717, 1.165) is 16.4 Å². The molecule has 0 N–H and O–H groups in total. The minimum atomic E-state index is -4.36. The molecule has 12 heteroatoms. The summed E-state index contributed by atoms with van der Waals surface area (Å²) in [6.45, 7) is -0.210. The molecule has 40 heavy (non-hydrogen) atoms. The lowest BCUT2D eigenvalue weighted by Gasteiger charge is -2.35. The molecule has 0 saturated carbocycles. The van der Waals surface area contributed by atoms with Gasteiger partial charge in [-0.3, -0.25) is 9.10 Å². The Morgan fingerprint density at radius 2 is 1.82 bits per heavy atom. The predicted molar refractivity (Wildman–Crippen MR) is 143 cm³/mol. The van der Waals surface area contributed by atoms with E-state index in [1.54, 1.807) is 6.07 Å². The van der Waals surface area contributed by atoms with Gasteiger partial charge in [-0.25, -0.2) is 26.0 Å². The Labute approximate surface area is 233 Å². The third-order valence-electron chi connectivity index (χ3n) is 6.28. The number of carbonyl (C=O) groups is 1. The molecule has 1 aliphatic heterocycles. The Morgan fingerprint density at radius 1 is 1.07 bits per heavy atom. The summed E-state index contributed by atoms with van der Waals surface area (Å²) < 4.78 is 92.8. The van der Waals surface area contributed by atoms with Crippen molar-refractivity contribution in [1.29, 1.82) is 0 Å². The smallest absolute Gasteiger partial charge is 0.305 e. The summed E-state index contributed by atoms with van der Waals surface area (Å²) in [7, 11) is -3.13. The van der Waals surface area contributed by atoms with Crippen molar-refractivity contribution in [1.82, 2.24) is 0 Å². The third-order valence-corrected chi connectivity index (χ3v) is 8.38. The number of esters is 1. The van der Waals surface area contributed by atoms with Gasteiger partial charge in [0.2, 0.25) is 0 Å². The molecule has 0 radical (unpaired) electrons. The van der Waals surface area contributed by atoms with Crippen LogP contribution in [0.2, 0.25) is 5.02 Å². The average molecular weight is 598 g/mol. The second-order valence-electron chi connectivity index (χ2n) is 8.87. The van der Waals surface area contributed by atoms with Crippen LogP contribution in [0.5, 0.6) is 5.75 Å². The Balaban J connectivity index is 1.75. The van der Waals surface area contributed by atoms with E-state index in [2.05, 4.69) is 4.74 Å². The quantitative estimate of drug-likeness (QED) is 0.147. The fourth-order valence-corrected chi connectivity index (χ4v) is 6.03. The summed E-state index contributed by atoms with van der Waals surface area (Å²) in [5.41, 5.74) is -0.0434. The number of halogens is 5. The van der Waals surface area contributed by atoms with Crippen molar-refractivity contribution >= 4 is 45.4 Å². The van der Waals surface area contributed by atoms with Gasteiger partial charge in [-0.15, -0.1) is 0 Å². The molecule has 0 fully saturated rings. The molecule has 212 valence electrons. The lowest BCUT2D eigenvalue weighted by Crippen LogP contribution is -2.43. The molecule has 0 aliphatic carbocycles. The van der Waals surface area contributed by atoms with Gasteiger partial charge in [-0.2, -0.15) is 0 Å². The van der Waals surface area contributed by atoms with Crippen LogP contribution in [0.4, 0.5) is 23.2 Å². The lowest BCUT2D eigenvalue weighted by molar-refractivity contribution is -0.141. The molecule has 0 spiro atoms. The zero-order valence-corrected chi connectivity index (χ0v) is 22.6. The highest BCUT2D eigenvalue weighted by Crippen LogP contribution is 2.40. The largest absolute Gasteiger partial charge is 0.486 e. The summed E-state index contributed by atoms with van der Waals surface area (Å²) in [6.07, 6.45) is -3.37. The first-order valence-electron chi connectivity index (χ1n) is 12.0. The molecule has 0 unspecified atom stereocenters. The minimum Gasteiger partial charge on any atom is -0.486 e. The molecule has 0 saturated heterocycles. The highest BCUT2D eigenvalue weighted by Gasteiger charge is 2.35. The summed E-state index contributed by atoms with van der Waals surface area (Å²) >= 11 is 6.14. The van der Waals surface area contributed by atoms with Crippen LogP contribution in [0.1, 0.15) is 47.9 Å². The molecule has 1 atom stereocenters. The second kappa shape index (κ2) is 12.3. The Hall–Kier alpha value is -3.57. The van der Waals surface area contributed by atoms with E-state index in [4.69, 9.17) is 16.3 Å². The van der Waals surface area contributed by atoms with E-state index in [0.29, 0.717) is 5.56 Å². The van der Waals surface area contributed by atoms with E-state index in [1.165, 1.54) is 61.7 Å². The Kier molecular flexibility index (Phi) is 9.05. The first-order chi connectivity index (χ1) is 19.0. The van der Waals surface area contributed by atoms with Crippen LogP contribution in [-0.2, 0) is 19.6 Å². The van der Waals surface area contributed by atoms with Crippen molar-refractivity contribution in [2.24, 2.45) is 0 Å². The molecule has 1 aliphatic rings. The zero-order valence-electron chi connectivity index (χ0n) is 21.1. The van der Waals surface area contributed by atoms with Crippen LogP contribution in [0.15, 0.2) is 65.6 Å². The van der Waals surface area contributed by atoms with Crippen molar-refractivity contribution in [3.05, 3.63) is 87.9 Å². The van der Waals surface area contributed by atoms with Gasteiger partial charge >= 0.3 is 5.97 Å². The van der Waals surface area contributed by atoms with Crippen LogP contribution >= 0.6 is 11.6 Å². The molecule has 1 heterocycles. The summed E-state index contributed by atoms with van der Waals surface area (Å²) in [5, 5.41) is 0.118. The predicted octanol–water partition coefficient (Wildman–Crippen LogP) is 7.30. The van der Waals surface area contributed by atoms with Gasteiger partial charge in [-0.1, -0.05) is 54.1 Å². The number of methoxy groups -OCH3 is 1. The van der Waals surface area contributed by atoms with E-state index >= 15 is 0 Å². The van der Waals surface area contributed by atoms with Crippen molar-refractivity contribution in [2.75, 3.05) is 18.0 Å². The lowest BCUT2D eigenvalue weighted by atomic mass is 10.0. The maximum absolute atomic E-state index is 13.7. The number of rotatable bonds is 9. The molecule has 6 nitrogen and oxygen atoms in total. The first kappa shape index (κ1) is 29.4. The van der Waals surface area contributed by atoms with Gasteiger partial charge in [0.25, 0.3) is 22.9 Å². The van der Waals surface area contributed by atoms with Crippen molar-refractivity contribution in [3.8, 4) is 5.75 Å². The number of fused-ring (bicyclic) bond motifs is 1. The fourth-order valence-electron chi connectivity index (χ4n) is 4.23. The molecular formula is C28H24ClF4NO5S. The van der Waals surface area contributed by atoms with Crippen molar-refractivity contribution in [3.63, 3.8) is 0 Å². The molecule has 4 rings (SSSR count). The van der Waals surface area contributed by atoms with Crippen LogP contribution < -0.4 is 9.04 Å². The standard InChI is InChI=1S/C28H24ClF4NO5S/c1-38-26(35)13-10-19-16-34(40(36,37)20-5-2-4-18(15-20)27(30)31)24-14-17(9-12-25(24)39-19)8-11-21-22(28(32)33)6-3-7-23(21)29/h2-9,11-12,14-15,19,27-28H,10,13,16H2,1H3/b11-8+/t19-/m0/s1. The minimum absolute atomic E-state index is 0.0314. The number of hydrogen-bond acceptors (Lipinski definition) is 5. The third kappa shape index (κ3) is 6.42. The highest BCUT2D eigenvalue weighted by atomic mass is 35.5. The number of hydrogen-bond donors (Lipinski definition) is 0. The van der Waals surface area contributed by atoms with Crippen LogP contribution in [0.25, 0.3) is 12.2 Å². The average Bonchev–Trinajstić information content (AvgIpc) is 2.94. The van der Waals surface area contributed by atoms with E-state index in [9.17, 15) is 30.8 Å². The maximum Gasteiger partial charge on any atom is 0.305 e. The highest BCUT2D eigenvalue weighted by molar-refractivity contribution is 7.92. The summed E-state index contributed by atoms with van der Waals surface area (Å²) in [5.74, 6) is -0.325. The zero-order chi connectivity index (χ0) is 29.0. The normalized spacial score (nSPS) is 15.4. The second-order valence-corrected chi connectivity index (χ2v) is 11.1. The van der Waals surface area contributed by atoms with Gasteiger partial charge in [-0.05, 0) is 42.3 Å². The van der Waals surface area contributed by atoms with Crippen molar-refractivity contribution < 1.29 is 40.2 Å². The number of nitrogens with zero attached hydrogens (tertiary/aromatic N) is 1. The maximum atomic E-state index is 13.7. The number of ether oxygens (including phenoxy) is 2. The van der Waals surface area contributed by atoms with Gasteiger partial charge in [0.15, 0.2) is 0 Å². The SMILES string of the molecule is COC(=O)CC[C@H]1CN(S(=O)(=O)c2cccc(C(F)F)c2)c2cc(/C=C/c3c(Cl)cccc3C(F)F)ccc2O1. The Morgan fingerprint density at radius 3 is 2.52 bits per heavy atom. The van der Waals surface area contributed by atoms with E-state index in [1.807, 2.05) is 0 Å². The van der Waals surface area contributed by atoms with Crippen LogP contribution in [0.3, 0.4) is 0 Å². The summed E-state index contributed by atoms with van der Waals surface area (Å²) in [6, 6.07) is 13.2. The first-order valence-corrected chi connectivity index (χ1v) is 13.9. The number of carbonyl (C=O) groups excluding carboxylic acids is 1. The number of alkyl halides is 4. The molecule has 3 aromatic carbocycles. The molecule has 3 aromatic rings. The van der Waals surface area contributed by atoms with E-state index in [-0.39, 0.29) is 51.9 Å².